The average Bonchev–Trinajstić information content (AvgIpc) is 3.08. The second-order valence-electron chi connectivity index (χ2n) is 7.46. The molecule has 5 heteroatoms. The fraction of sp³-hybridized carbons (Fsp3) is 0.182. The van der Waals surface area contributed by atoms with Gasteiger partial charge in [0.15, 0.2) is 0 Å². The first-order chi connectivity index (χ1) is 12.8. The number of carbonyl (C=O) groups is 2. The van der Waals surface area contributed by atoms with Crippen LogP contribution in [0.3, 0.4) is 0 Å². The third-order valence-electron chi connectivity index (χ3n) is 4.03. The highest BCUT2D eigenvalue weighted by molar-refractivity contribution is 6.83. The maximum atomic E-state index is 12.4. The van der Waals surface area contributed by atoms with E-state index < -0.39 is 19.8 Å². The molecule has 0 aliphatic rings. The molecular weight excluding hydrogens is 352 g/mol. The van der Waals surface area contributed by atoms with E-state index in [1.54, 1.807) is 6.20 Å². The summed E-state index contributed by atoms with van der Waals surface area (Å²) in [6.45, 7) is 6.91. The van der Waals surface area contributed by atoms with Gasteiger partial charge in [0.05, 0.1) is 5.56 Å². The van der Waals surface area contributed by atoms with Gasteiger partial charge in [0.1, 0.15) is 8.07 Å². The Balaban J connectivity index is 1.63. The van der Waals surface area contributed by atoms with Crippen molar-refractivity contribution < 1.29 is 9.59 Å². The minimum atomic E-state index is -1.40. The van der Waals surface area contributed by atoms with Gasteiger partial charge in [-0.1, -0.05) is 55.9 Å². The highest BCUT2D eigenvalue weighted by Crippen LogP contribution is 2.18. The average molecular weight is 375 g/mol. The number of Topliss-reactive ketones (excluding diaryl/α,β-unsaturated/α-hetero) is 1. The molecule has 0 radical (unpaired) electrons. The van der Waals surface area contributed by atoms with Gasteiger partial charge < -0.3 is 10.3 Å². The Morgan fingerprint density at radius 2 is 1.74 bits per heavy atom. The number of benzene rings is 2. The lowest BCUT2D eigenvalue weighted by Gasteiger charge is -2.05. The number of aromatic amines is 1. The molecule has 0 atom stereocenters. The zero-order chi connectivity index (χ0) is 19.4. The maximum absolute atomic E-state index is 12.4. The number of aromatic nitrogens is 1. The van der Waals surface area contributed by atoms with Crippen molar-refractivity contribution in [2.45, 2.75) is 26.2 Å². The van der Waals surface area contributed by atoms with Crippen molar-refractivity contribution in [2.24, 2.45) is 0 Å². The highest BCUT2D eigenvalue weighted by Gasteiger charge is 2.19. The molecule has 0 saturated heterocycles. The minimum Gasteiger partial charge on any atom is -0.360 e. The number of fused-ring (bicyclic) bond motifs is 1. The summed E-state index contributed by atoms with van der Waals surface area (Å²) in [5.74, 6) is 2.05. The van der Waals surface area contributed by atoms with Crippen molar-refractivity contribution in [3.05, 3.63) is 71.4 Å². The number of hydrogen-bond donors (Lipinski definition) is 2. The zero-order valence-corrected chi connectivity index (χ0v) is 16.7. The van der Waals surface area contributed by atoms with E-state index >= 15 is 0 Å². The number of hydrogen-bond acceptors (Lipinski definition) is 2. The number of rotatable bonds is 4. The lowest BCUT2D eigenvalue weighted by Crippen LogP contribution is -2.30. The Morgan fingerprint density at radius 1 is 1.04 bits per heavy atom. The first kappa shape index (κ1) is 18.7. The third kappa shape index (κ3) is 4.75. The molecule has 1 aromatic heterocycles. The van der Waals surface area contributed by atoms with Crippen LogP contribution >= 0.6 is 0 Å². The summed E-state index contributed by atoms with van der Waals surface area (Å²) in [6, 6.07) is 15.1. The molecule has 0 bridgehead atoms. The van der Waals surface area contributed by atoms with Gasteiger partial charge in [-0.15, -0.1) is 5.54 Å². The molecule has 3 rings (SSSR count). The van der Waals surface area contributed by atoms with E-state index in [1.807, 2.05) is 48.5 Å². The molecule has 0 saturated carbocycles. The summed E-state index contributed by atoms with van der Waals surface area (Å²) in [6.07, 6.45) is 1.58. The molecule has 1 amide bonds. The smallest absolute Gasteiger partial charge is 0.292 e. The molecule has 27 heavy (non-hydrogen) atoms. The van der Waals surface area contributed by atoms with Crippen LogP contribution in [-0.2, 0) is 11.3 Å². The fourth-order valence-corrected chi connectivity index (χ4v) is 3.13. The number of para-hydroxylation sites is 1. The van der Waals surface area contributed by atoms with Gasteiger partial charge in [0, 0.05) is 29.2 Å². The number of amides is 1. The molecule has 136 valence electrons. The summed E-state index contributed by atoms with van der Waals surface area (Å²) < 4.78 is 0. The first-order valence-electron chi connectivity index (χ1n) is 8.84. The van der Waals surface area contributed by atoms with Crippen molar-refractivity contribution >= 4 is 30.7 Å². The summed E-state index contributed by atoms with van der Waals surface area (Å²) in [7, 11) is -1.40. The number of ketones is 1. The maximum Gasteiger partial charge on any atom is 0.292 e. The molecule has 0 fully saturated rings. The largest absolute Gasteiger partial charge is 0.360 e. The molecule has 0 aliphatic carbocycles. The van der Waals surface area contributed by atoms with Gasteiger partial charge in [-0.2, -0.15) is 0 Å². The number of nitrogens with one attached hydrogen (secondary N) is 2. The normalized spacial score (nSPS) is 10.9. The molecule has 0 unspecified atom stereocenters. The van der Waals surface area contributed by atoms with Crippen LogP contribution in [0.25, 0.3) is 10.9 Å². The standard InChI is InChI=1S/C22H22N2O2Si/c1-27(2,3)13-12-16-8-10-17(11-9-16)14-24-22(26)21(25)19-15-23-20-7-5-4-6-18(19)20/h4-11,15,23H,14H2,1-3H3,(H,24,26). The molecule has 0 spiro atoms. The van der Waals surface area contributed by atoms with Crippen LogP contribution < -0.4 is 5.32 Å². The Morgan fingerprint density at radius 3 is 2.44 bits per heavy atom. The van der Waals surface area contributed by atoms with Gasteiger partial charge in [0.25, 0.3) is 11.7 Å². The van der Waals surface area contributed by atoms with E-state index in [-0.39, 0.29) is 0 Å². The summed E-state index contributed by atoms with van der Waals surface area (Å²) in [5, 5.41) is 3.45. The SMILES string of the molecule is C[Si](C)(C)C#Cc1ccc(CNC(=O)C(=O)c2c[nH]c3ccccc23)cc1. The lowest BCUT2D eigenvalue weighted by atomic mass is 10.1. The number of carbonyl (C=O) groups excluding carboxylic acids is 2. The predicted molar refractivity (Wildman–Crippen MR) is 111 cm³/mol. The summed E-state index contributed by atoms with van der Waals surface area (Å²) in [4.78, 5) is 27.7. The summed E-state index contributed by atoms with van der Waals surface area (Å²) >= 11 is 0. The van der Waals surface area contributed by atoms with Gasteiger partial charge in [-0.3, -0.25) is 9.59 Å². The molecule has 2 aromatic carbocycles. The van der Waals surface area contributed by atoms with Crippen LogP contribution in [0.2, 0.25) is 19.6 Å². The highest BCUT2D eigenvalue weighted by atomic mass is 28.3. The van der Waals surface area contributed by atoms with E-state index in [4.69, 9.17) is 0 Å². The number of H-pyrrole nitrogens is 1. The topological polar surface area (TPSA) is 62.0 Å². The predicted octanol–water partition coefficient (Wildman–Crippen LogP) is 3.90. The van der Waals surface area contributed by atoms with Crippen molar-refractivity contribution in [1.82, 2.24) is 10.3 Å². The Kier molecular flexibility index (Phi) is 5.29. The third-order valence-corrected chi connectivity index (χ3v) is 4.90. The van der Waals surface area contributed by atoms with E-state index in [9.17, 15) is 9.59 Å². The quantitative estimate of drug-likeness (QED) is 0.315. The van der Waals surface area contributed by atoms with Crippen LogP contribution in [0, 0.1) is 11.5 Å². The monoisotopic (exact) mass is 374 g/mol. The van der Waals surface area contributed by atoms with Crippen LogP contribution in [0.1, 0.15) is 21.5 Å². The first-order valence-corrected chi connectivity index (χ1v) is 12.3. The van der Waals surface area contributed by atoms with Crippen molar-refractivity contribution in [2.75, 3.05) is 0 Å². The van der Waals surface area contributed by atoms with Gasteiger partial charge in [-0.05, 0) is 23.8 Å². The molecule has 0 aliphatic heterocycles. The van der Waals surface area contributed by atoms with E-state index in [0.717, 1.165) is 22.0 Å². The Bertz CT molecular complexity index is 1050. The molecular formula is C22H22N2O2Si. The van der Waals surface area contributed by atoms with E-state index in [1.165, 1.54) is 0 Å². The summed E-state index contributed by atoms with van der Waals surface area (Å²) in [5.41, 5.74) is 6.44. The second-order valence-corrected chi connectivity index (χ2v) is 12.2. The Hall–Kier alpha value is -3.10. The van der Waals surface area contributed by atoms with Gasteiger partial charge >= 0.3 is 0 Å². The van der Waals surface area contributed by atoms with Crippen molar-refractivity contribution in [1.29, 1.82) is 0 Å². The van der Waals surface area contributed by atoms with Crippen LogP contribution in [0.5, 0.6) is 0 Å². The van der Waals surface area contributed by atoms with Crippen molar-refractivity contribution in [3.63, 3.8) is 0 Å². The molecule has 2 N–H and O–H groups in total. The second kappa shape index (κ2) is 7.64. The molecule has 4 nitrogen and oxygen atoms in total. The minimum absolute atomic E-state index is 0.300. The van der Waals surface area contributed by atoms with Crippen LogP contribution in [0.15, 0.2) is 54.7 Å². The van der Waals surface area contributed by atoms with Crippen molar-refractivity contribution in [3.8, 4) is 11.5 Å². The lowest BCUT2D eigenvalue weighted by molar-refractivity contribution is -0.117. The van der Waals surface area contributed by atoms with Crippen LogP contribution in [-0.4, -0.2) is 24.7 Å². The fourth-order valence-electron chi connectivity index (χ4n) is 2.61. The van der Waals surface area contributed by atoms with Gasteiger partial charge in [0.2, 0.25) is 0 Å². The van der Waals surface area contributed by atoms with E-state index in [0.29, 0.717) is 12.1 Å². The zero-order valence-electron chi connectivity index (χ0n) is 15.7. The van der Waals surface area contributed by atoms with E-state index in [2.05, 4.69) is 41.4 Å². The molecule has 3 aromatic rings. The van der Waals surface area contributed by atoms with Crippen LogP contribution in [0.4, 0.5) is 0 Å². The molecule has 1 heterocycles. The van der Waals surface area contributed by atoms with Gasteiger partial charge in [-0.25, -0.2) is 0 Å². The Labute approximate surface area is 160 Å².